The van der Waals surface area contributed by atoms with Crippen molar-refractivity contribution in [2.24, 2.45) is 0 Å². The molecule has 0 bridgehead atoms. The highest BCUT2D eigenvalue weighted by Gasteiger charge is 2.39. The molecule has 2 aromatic carbocycles. The van der Waals surface area contributed by atoms with E-state index in [-0.39, 0.29) is 227 Å². The third-order valence-electron chi connectivity index (χ3n) is 20.3. The van der Waals surface area contributed by atoms with E-state index in [4.69, 9.17) is 56.8 Å². The second kappa shape index (κ2) is 69.3. The van der Waals surface area contributed by atoms with Gasteiger partial charge in [0.05, 0.1) is 189 Å². The first kappa shape index (κ1) is 112. The lowest BCUT2D eigenvalue weighted by molar-refractivity contribution is -0.142. The van der Waals surface area contributed by atoms with E-state index >= 15 is 0 Å². The molecule has 43 nitrogen and oxygen atoms in total. The van der Waals surface area contributed by atoms with E-state index in [9.17, 15) is 88.0 Å². The van der Waals surface area contributed by atoms with Crippen molar-refractivity contribution in [2.75, 3.05) is 263 Å². The predicted octanol–water partition coefficient (Wildman–Crippen LogP) is -1.34. The molecule has 5 rings (SSSR count). The van der Waals surface area contributed by atoms with Crippen molar-refractivity contribution in [1.29, 1.82) is 0 Å². The molecule has 3 unspecified atom stereocenters. The van der Waals surface area contributed by atoms with Crippen LogP contribution in [0.2, 0.25) is 0 Å². The molecule has 3 heterocycles. The first-order valence-electron chi connectivity index (χ1n) is 44.4. The number of likely N-dealkylation sites (tertiary alicyclic amines) is 1. The maximum atomic E-state index is 13.6. The molecule has 1 aromatic heterocycles. The Morgan fingerprint density at radius 2 is 0.869 bits per heavy atom. The lowest BCUT2D eigenvalue weighted by Gasteiger charge is -2.32. The Bertz CT molecular complexity index is 3770. The van der Waals surface area contributed by atoms with Crippen LogP contribution in [0.25, 0.3) is 10.9 Å². The van der Waals surface area contributed by atoms with Gasteiger partial charge in [0.15, 0.2) is 6.61 Å². The number of nitrogens with one attached hydrogen (secondary N) is 7. The van der Waals surface area contributed by atoms with Gasteiger partial charge in [-0.2, -0.15) is 0 Å². The fourth-order valence-electron chi connectivity index (χ4n) is 13.4. The SMILES string of the molecule is CC(NC(=O)c1ccnc2cc(OCC(=O)NCCOCCOCCOCCC(=O)NC(CCCCNC(=O)CN3CCN(CC(=O)O)CCN(CC(=O)O)CCN(CC(=O)O)CC3)C(=O)NCCOCCOCCOCCOCCOCCOCCOCCOCCC(=O)NC(CCCCNC(=O)CCCc3ccc(I)cc3)C(=O)O)ccc12)C(=O)N1CCC[C@H]1B(O)O. The third-order valence-corrected chi connectivity index (χ3v) is 21.0. The van der Waals surface area contributed by atoms with E-state index in [0.717, 1.165) is 16.4 Å². The van der Waals surface area contributed by atoms with Gasteiger partial charge in [-0.1, -0.05) is 12.1 Å². The van der Waals surface area contributed by atoms with Crippen LogP contribution in [0.3, 0.4) is 0 Å². The van der Waals surface area contributed by atoms with Crippen LogP contribution < -0.4 is 42.0 Å². The maximum Gasteiger partial charge on any atom is 0.475 e. The number of benzene rings is 2. The fourth-order valence-corrected chi connectivity index (χ4v) is 13.8. The summed E-state index contributed by atoms with van der Waals surface area (Å²) in [6.07, 6.45) is 6.76. The van der Waals surface area contributed by atoms with Gasteiger partial charge in [-0.15, -0.1) is 0 Å². The van der Waals surface area contributed by atoms with Gasteiger partial charge in [-0.25, -0.2) is 4.79 Å². The van der Waals surface area contributed by atoms with Crippen molar-refractivity contribution >= 4 is 112 Å². The standard InChI is InChI=1S/C85H135BIN13O30/c1-64(84(114)100-27-7-11-73(100)86(117)118)93-82(112)69-19-24-88-72-58-67(17-18-68(69)72)130-63-78(105)91-25-38-121-42-46-123-44-40-119-36-20-75(102)94-70(9-2-4-23-90-77(104)59-96-28-30-97(60-79(106)107)32-34-99(62-81(110)111)35-33-98(31-29-96)61-80(108)109)83(113)92-26-39-122-43-47-125-49-51-127-53-55-129-57-56-128-54-52-126-50-48-124-45-41-120-37-21-76(103)95-71(85(115)116)10-3-5-22-89-74(101)12-6-8-65-13-15-66(87)16-14-65/h13-19,24,58,64,70-71,73,117-118H,2-12,20-23,25-57,59-63H2,1H3,(H,89,101)(H,90,104)(H,91,105)(H,92,113)(H,93,112)(H,94,102)(H,95,103)(H,106,107)(H,108,109)(H,110,111)(H,115,116)/t64?,70?,71?,73-/m0/s1. The van der Waals surface area contributed by atoms with Gasteiger partial charge in [0.1, 0.15) is 23.9 Å². The predicted molar refractivity (Wildman–Crippen MR) is 479 cm³/mol. The second-order valence-corrected chi connectivity index (χ2v) is 31.8. The van der Waals surface area contributed by atoms with Crippen LogP contribution in [-0.4, -0.2) is 425 Å². The van der Waals surface area contributed by atoms with Gasteiger partial charge in [0.2, 0.25) is 35.4 Å². The number of hydrogen-bond acceptors (Lipinski definition) is 31. The molecule has 2 saturated heterocycles. The summed E-state index contributed by atoms with van der Waals surface area (Å²) < 4.78 is 68.1. The average molecular weight is 1960 g/mol. The number of ether oxygens (including phenoxy) is 12. The van der Waals surface area contributed by atoms with Crippen LogP contribution in [0.1, 0.15) is 99.9 Å². The zero-order valence-electron chi connectivity index (χ0n) is 74.6. The number of unbranched alkanes of at least 4 members (excludes halogenated alkanes) is 2. The molecule has 45 heteroatoms. The Kier molecular flexibility index (Phi) is 59.6. The van der Waals surface area contributed by atoms with Crippen LogP contribution in [0, 0.1) is 3.57 Å². The van der Waals surface area contributed by atoms with E-state index in [0.29, 0.717) is 141 Å². The summed E-state index contributed by atoms with van der Waals surface area (Å²) >= 11 is 2.25. The van der Waals surface area contributed by atoms with E-state index in [1.165, 1.54) is 29.7 Å². The molecule has 13 N–H and O–H groups in total. The molecule has 8 amide bonds. The molecule has 0 aliphatic carbocycles. The van der Waals surface area contributed by atoms with Crippen LogP contribution in [0.5, 0.6) is 5.75 Å². The summed E-state index contributed by atoms with van der Waals surface area (Å²) in [6, 6.07) is 11.6. The van der Waals surface area contributed by atoms with Crippen molar-refractivity contribution in [3.63, 3.8) is 0 Å². The number of aryl methyl sites for hydroxylation is 1. The fraction of sp³-hybridized carbons (Fsp3) is 0.682. The van der Waals surface area contributed by atoms with E-state index < -0.39 is 90.5 Å². The normalized spacial score (nSPS) is 15.0. The van der Waals surface area contributed by atoms with E-state index in [1.807, 2.05) is 17.0 Å². The number of fused-ring (bicyclic) bond motifs is 1. The van der Waals surface area contributed by atoms with E-state index in [2.05, 4.69) is 76.9 Å². The van der Waals surface area contributed by atoms with Gasteiger partial charge in [-0.05, 0) is 130 Å². The quantitative estimate of drug-likeness (QED) is 0.0177. The number of carboxylic acids is 4. The number of carbonyl (C=O) groups is 12. The molecular weight excluding hydrogens is 1820 g/mol. The van der Waals surface area contributed by atoms with Crippen molar-refractivity contribution in [2.45, 2.75) is 114 Å². The van der Waals surface area contributed by atoms with Crippen LogP contribution in [0.15, 0.2) is 54.7 Å². The molecule has 4 atom stereocenters. The Balaban J connectivity index is 0.889. The average Bonchev–Trinajstić information content (AvgIpc) is 1.04. The lowest BCUT2D eigenvalue weighted by atomic mass is 9.78. The summed E-state index contributed by atoms with van der Waals surface area (Å²) in [5.74, 6) is -7.84. The smallest absolute Gasteiger partial charge is 0.475 e. The minimum absolute atomic E-state index is 0.00296. The molecule has 2 aliphatic rings. The number of aliphatic carboxylic acids is 4. The van der Waals surface area contributed by atoms with Crippen molar-refractivity contribution in [1.82, 2.24) is 66.7 Å². The molecule has 730 valence electrons. The number of carboxylic acid groups (broad SMARTS) is 4. The minimum Gasteiger partial charge on any atom is -0.484 e. The van der Waals surface area contributed by atoms with Gasteiger partial charge < -0.3 is 129 Å². The highest BCUT2D eigenvalue weighted by molar-refractivity contribution is 14.1. The topological polar surface area (TPSA) is 550 Å². The highest BCUT2D eigenvalue weighted by atomic mass is 127. The minimum atomic E-state index is -1.69. The number of aromatic nitrogens is 1. The third kappa shape index (κ3) is 52.6. The molecule has 2 aliphatic heterocycles. The van der Waals surface area contributed by atoms with Crippen molar-refractivity contribution in [3.05, 3.63) is 69.4 Å². The van der Waals surface area contributed by atoms with Crippen LogP contribution in [0.4, 0.5) is 0 Å². The second-order valence-electron chi connectivity index (χ2n) is 30.6. The van der Waals surface area contributed by atoms with Crippen molar-refractivity contribution < 1.29 is 145 Å². The molecular formula is C85H135BIN13O30. The number of pyridine rings is 1. The molecule has 0 radical (unpaired) electrons. The monoisotopic (exact) mass is 1960 g/mol. The van der Waals surface area contributed by atoms with Gasteiger partial charge in [-0.3, -0.25) is 77.3 Å². The first-order valence-corrected chi connectivity index (χ1v) is 45.4. The van der Waals surface area contributed by atoms with Gasteiger partial charge >= 0.3 is 31.0 Å². The number of hydrogen-bond donors (Lipinski definition) is 13. The van der Waals surface area contributed by atoms with Crippen LogP contribution in [-0.2, 0) is 111 Å². The Hall–Kier alpha value is -8.60. The molecule has 130 heavy (non-hydrogen) atoms. The van der Waals surface area contributed by atoms with Gasteiger partial charge in [0, 0.05) is 126 Å². The summed E-state index contributed by atoms with van der Waals surface area (Å²) in [7, 11) is -1.69. The Morgan fingerprint density at radius 1 is 0.446 bits per heavy atom. The molecule has 0 saturated carbocycles. The van der Waals surface area contributed by atoms with Crippen LogP contribution >= 0.6 is 22.6 Å². The first-order chi connectivity index (χ1) is 62.8. The van der Waals surface area contributed by atoms with E-state index in [1.54, 1.807) is 32.9 Å². The maximum absolute atomic E-state index is 13.6. The number of halogens is 1. The summed E-state index contributed by atoms with van der Waals surface area (Å²) in [4.78, 5) is 163. The number of rotatable bonds is 72. The summed E-state index contributed by atoms with van der Waals surface area (Å²) in [5.41, 5.74) is 1.85. The summed E-state index contributed by atoms with van der Waals surface area (Å²) in [5, 5.41) is 77.5. The van der Waals surface area contributed by atoms with Crippen molar-refractivity contribution in [3.8, 4) is 5.75 Å². The number of carbonyl (C=O) groups excluding carboxylic acids is 8. The Labute approximate surface area is 772 Å². The zero-order valence-corrected chi connectivity index (χ0v) is 76.8. The molecule has 3 aromatic rings. The molecule has 2 fully saturated rings. The molecule has 0 spiro atoms. The number of nitrogens with zero attached hydrogens (tertiary/aromatic N) is 6. The highest BCUT2D eigenvalue weighted by Crippen LogP contribution is 2.24. The Morgan fingerprint density at radius 3 is 1.33 bits per heavy atom. The number of amides is 8. The zero-order chi connectivity index (χ0) is 94.1. The largest absolute Gasteiger partial charge is 0.484 e. The van der Waals surface area contributed by atoms with Gasteiger partial charge in [0.25, 0.3) is 11.8 Å². The summed E-state index contributed by atoms with van der Waals surface area (Å²) in [6.45, 7) is 9.06. The lowest BCUT2D eigenvalue weighted by Crippen LogP contribution is -2.52.